The molecule has 118 valence electrons. The first-order valence-electron chi connectivity index (χ1n) is 7.97. The first-order chi connectivity index (χ1) is 10.7. The summed E-state index contributed by atoms with van der Waals surface area (Å²) < 4.78 is 5.63. The summed E-state index contributed by atoms with van der Waals surface area (Å²) in [4.78, 5) is 4.86. The molecule has 0 aromatic heterocycles. The van der Waals surface area contributed by atoms with Crippen molar-refractivity contribution in [1.82, 2.24) is 4.90 Å². The number of ether oxygens (including phenoxy) is 1. The summed E-state index contributed by atoms with van der Waals surface area (Å²) >= 11 is 6.10. The summed E-state index contributed by atoms with van der Waals surface area (Å²) in [6.07, 6.45) is 2.60. The van der Waals surface area contributed by atoms with Crippen molar-refractivity contribution in [3.8, 4) is 6.07 Å². The third kappa shape index (κ3) is 3.38. The summed E-state index contributed by atoms with van der Waals surface area (Å²) in [7, 11) is 0. The molecule has 2 aliphatic heterocycles. The lowest BCUT2D eigenvalue weighted by atomic mass is 10.0. The van der Waals surface area contributed by atoms with Crippen molar-refractivity contribution >= 4 is 17.3 Å². The summed E-state index contributed by atoms with van der Waals surface area (Å²) in [6.45, 7) is 7.01. The zero-order valence-electron chi connectivity index (χ0n) is 13.0. The molecule has 2 saturated heterocycles. The quantitative estimate of drug-likeness (QED) is 0.840. The van der Waals surface area contributed by atoms with Gasteiger partial charge in [-0.3, -0.25) is 4.90 Å². The molecule has 4 nitrogen and oxygen atoms in total. The number of nitriles is 1. The van der Waals surface area contributed by atoms with Crippen LogP contribution in [0.15, 0.2) is 18.2 Å². The van der Waals surface area contributed by atoms with Crippen LogP contribution < -0.4 is 4.90 Å². The number of halogens is 1. The predicted octanol–water partition coefficient (Wildman–Crippen LogP) is 2.90. The van der Waals surface area contributed by atoms with E-state index in [0.717, 1.165) is 51.3 Å². The monoisotopic (exact) mass is 319 g/mol. The van der Waals surface area contributed by atoms with E-state index in [4.69, 9.17) is 16.3 Å². The van der Waals surface area contributed by atoms with Crippen molar-refractivity contribution in [3.05, 3.63) is 28.8 Å². The SMILES string of the molecule is C[C@H]1CN(C2CCN(c3cc(Cl)ccc3C#N)CC2)CCO1. The van der Waals surface area contributed by atoms with Crippen molar-refractivity contribution in [3.63, 3.8) is 0 Å². The molecule has 3 rings (SSSR count). The Morgan fingerprint density at radius 1 is 1.27 bits per heavy atom. The second-order valence-corrected chi connectivity index (χ2v) is 6.60. The zero-order chi connectivity index (χ0) is 15.5. The molecule has 0 bridgehead atoms. The van der Waals surface area contributed by atoms with Gasteiger partial charge in [0, 0.05) is 37.2 Å². The van der Waals surface area contributed by atoms with Gasteiger partial charge in [0.1, 0.15) is 6.07 Å². The Bertz CT molecular complexity index is 564. The van der Waals surface area contributed by atoms with Crippen LogP contribution in [0, 0.1) is 11.3 Å². The lowest BCUT2D eigenvalue weighted by Gasteiger charge is -2.42. The standard InChI is InChI=1S/C17H22ClN3O/c1-13-12-21(8-9-22-13)16-4-6-20(7-5-16)17-10-15(18)3-2-14(17)11-19/h2-3,10,13,16H,4-9,12H2,1H3/t13-/m0/s1. The Morgan fingerprint density at radius 3 is 2.73 bits per heavy atom. The fourth-order valence-electron chi connectivity index (χ4n) is 3.51. The number of hydrogen-bond donors (Lipinski definition) is 0. The van der Waals surface area contributed by atoms with E-state index < -0.39 is 0 Å². The van der Waals surface area contributed by atoms with Crippen LogP contribution in [0.1, 0.15) is 25.3 Å². The zero-order valence-corrected chi connectivity index (χ0v) is 13.7. The molecule has 0 unspecified atom stereocenters. The van der Waals surface area contributed by atoms with Crippen molar-refractivity contribution in [1.29, 1.82) is 5.26 Å². The summed E-state index contributed by atoms with van der Waals surface area (Å²) in [5.74, 6) is 0. The molecule has 0 amide bonds. The maximum atomic E-state index is 9.28. The van der Waals surface area contributed by atoms with Gasteiger partial charge in [-0.2, -0.15) is 5.26 Å². The molecule has 22 heavy (non-hydrogen) atoms. The van der Waals surface area contributed by atoms with Gasteiger partial charge in [-0.1, -0.05) is 11.6 Å². The Labute approximate surface area is 137 Å². The van der Waals surface area contributed by atoms with Gasteiger partial charge in [0.25, 0.3) is 0 Å². The average Bonchev–Trinajstić information content (AvgIpc) is 2.55. The Morgan fingerprint density at radius 2 is 2.05 bits per heavy atom. The normalized spacial score (nSPS) is 24.2. The van der Waals surface area contributed by atoms with Crippen LogP contribution >= 0.6 is 11.6 Å². The van der Waals surface area contributed by atoms with Gasteiger partial charge in [0.15, 0.2) is 0 Å². The Hall–Kier alpha value is -1.28. The molecule has 0 spiro atoms. The first-order valence-corrected chi connectivity index (χ1v) is 8.35. The van der Waals surface area contributed by atoms with Crippen molar-refractivity contribution < 1.29 is 4.74 Å². The van der Waals surface area contributed by atoms with E-state index in [9.17, 15) is 5.26 Å². The van der Waals surface area contributed by atoms with Gasteiger partial charge in [-0.15, -0.1) is 0 Å². The second kappa shape index (κ2) is 6.87. The lowest BCUT2D eigenvalue weighted by molar-refractivity contribution is -0.0373. The second-order valence-electron chi connectivity index (χ2n) is 6.17. The minimum absolute atomic E-state index is 0.338. The highest BCUT2D eigenvalue weighted by Gasteiger charge is 2.28. The van der Waals surface area contributed by atoms with E-state index in [1.807, 2.05) is 12.1 Å². The summed E-state index contributed by atoms with van der Waals surface area (Å²) in [5, 5.41) is 9.98. The van der Waals surface area contributed by atoms with Crippen LogP contribution in [0.2, 0.25) is 5.02 Å². The highest BCUT2D eigenvalue weighted by molar-refractivity contribution is 6.30. The number of morpholine rings is 1. The van der Waals surface area contributed by atoms with Crippen LogP contribution in [0.25, 0.3) is 0 Å². The molecular weight excluding hydrogens is 298 g/mol. The fraction of sp³-hybridized carbons (Fsp3) is 0.588. The largest absolute Gasteiger partial charge is 0.376 e. The number of rotatable bonds is 2. The van der Waals surface area contributed by atoms with E-state index in [1.165, 1.54) is 0 Å². The van der Waals surface area contributed by atoms with Gasteiger partial charge in [-0.05, 0) is 38.0 Å². The third-order valence-corrected chi connectivity index (χ3v) is 4.91. The number of nitrogens with zero attached hydrogens (tertiary/aromatic N) is 3. The Kier molecular flexibility index (Phi) is 4.87. The Balaban J connectivity index is 1.64. The van der Waals surface area contributed by atoms with E-state index in [0.29, 0.717) is 22.7 Å². The minimum Gasteiger partial charge on any atom is -0.376 e. The van der Waals surface area contributed by atoms with Gasteiger partial charge in [0.2, 0.25) is 0 Å². The third-order valence-electron chi connectivity index (χ3n) is 4.67. The molecule has 0 aliphatic carbocycles. The summed E-state index contributed by atoms with van der Waals surface area (Å²) in [5.41, 5.74) is 1.69. The first kappa shape index (κ1) is 15.6. The maximum absolute atomic E-state index is 9.28. The van der Waals surface area contributed by atoms with E-state index in [1.54, 1.807) is 6.07 Å². The van der Waals surface area contributed by atoms with Crippen molar-refractivity contribution in [2.24, 2.45) is 0 Å². The van der Waals surface area contributed by atoms with Crippen LogP contribution in [0.5, 0.6) is 0 Å². The molecule has 2 aliphatic rings. The van der Waals surface area contributed by atoms with Crippen molar-refractivity contribution in [2.75, 3.05) is 37.7 Å². The van der Waals surface area contributed by atoms with Crippen molar-refractivity contribution in [2.45, 2.75) is 31.9 Å². The summed E-state index contributed by atoms with van der Waals surface area (Å²) in [6, 6.07) is 8.42. The average molecular weight is 320 g/mol. The number of anilines is 1. The lowest BCUT2D eigenvalue weighted by Crippen LogP contribution is -2.51. The van der Waals surface area contributed by atoms with Crippen LogP contribution in [-0.4, -0.2) is 49.8 Å². The maximum Gasteiger partial charge on any atom is 0.101 e. The number of hydrogen-bond acceptors (Lipinski definition) is 4. The topological polar surface area (TPSA) is 39.5 Å². The molecule has 0 saturated carbocycles. The van der Waals surface area contributed by atoms with Crippen LogP contribution in [0.4, 0.5) is 5.69 Å². The van der Waals surface area contributed by atoms with Gasteiger partial charge < -0.3 is 9.64 Å². The molecule has 1 atom stereocenters. The minimum atomic E-state index is 0.338. The highest BCUT2D eigenvalue weighted by Crippen LogP contribution is 2.28. The molecule has 5 heteroatoms. The molecule has 2 fully saturated rings. The highest BCUT2D eigenvalue weighted by atomic mass is 35.5. The van der Waals surface area contributed by atoms with Crippen LogP contribution in [-0.2, 0) is 4.74 Å². The molecule has 0 radical (unpaired) electrons. The molecule has 1 aromatic carbocycles. The molecule has 1 aromatic rings. The van der Waals surface area contributed by atoms with E-state index in [2.05, 4.69) is 22.8 Å². The van der Waals surface area contributed by atoms with Gasteiger partial charge in [-0.25, -0.2) is 0 Å². The molecule has 2 heterocycles. The smallest absolute Gasteiger partial charge is 0.101 e. The molecule has 0 N–H and O–H groups in total. The number of piperidine rings is 1. The number of benzene rings is 1. The predicted molar refractivity (Wildman–Crippen MR) is 88.4 cm³/mol. The van der Waals surface area contributed by atoms with E-state index in [-0.39, 0.29) is 0 Å². The van der Waals surface area contributed by atoms with E-state index >= 15 is 0 Å². The van der Waals surface area contributed by atoms with Crippen LogP contribution in [0.3, 0.4) is 0 Å². The van der Waals surface area contributed by atoms with Gasteiger partial charge >= 0.3 is 0 Å². The fourth-order valence-corrected chi connectivity index (χ4v) is 3.68. The van der Waals surface area contributed by atoms with Gasteiger partial charge in [0.05, 0.1) is 24.0 Å². The molecular formula is C17H22ClN3O.